The third-order valence-corrected chi connectivity index (χ3v) is 4.59. The molecule has 108 valence electrons. The Labute approximate surface area is 117 Å². The SMILES string of the molecule is COC(=O)N1[C@H](C)CCC[C@@H]1/C=C/C1CCCCC1. The number of carbonyl (C=O) groups is 1. The van der Waals surface area contributed by atoms with E-state index in [0.717, 1.165) is 18.8 Å². The third-order valence-electron chi connectivity index (χ3n) is 4.59. The average Bonchev–Trinajstić information content (AvgIpc) is 2.45. The van der Waals surface area contributed by atoms with E-state index in [4.69, 9.17) is 4.74 Å². The summed E-state index contributed by atoms with van der Waals surface area (Å²) in [5, 5.41) is 0. The lowest BCUT2D eigenvalue weighted by atomic mass is 9.88. The van der Waals surface area contributed by atoms with Crippen molar-refractivity contribution in [3.05, 3.63) is 12.2 Å². The van der Waals surface area contributed by atoms with Gasteiger partial charge in [-0.3, -0.25) is 4.90 Å². The Morgan fingerprint density at radius 3 is 2.47 bits per heavy atom. The van der Waals surface area contributed by atoms with Gasteiger partial charge in [-0.1, -0.05) is 31.4 Å². The van der Waals surface area contributed by atoms with Gasteiger partial charge in [0.25, 0.3) is 0 Å². The topological polar surface area (TPSA) is 29.5 Å². The van der Waals surface area contributed by atoms with Gasteiger partial charge >= 0.3 is 6.09 Å². The molecule has 1 saturated heterocycles. The molecule has 19 heavy (non-hydrogen) atoms. The van der Waals surface area contributed by atoms with Crippen LogP contribution in [0.3, 0.4) is 0 Å². The summed E-state index contributed by atoms with van der Waals surface area (Å²) in [6.07, 6.45) is 14.5. The largest absolute Gasteiger partial charge is 0.453 e. The number of carbonyl (C=O) groups excluding carboxylic acids is 1. The van der Waals surface area contributed by atoms with Crippen molar-refractivity contribution in [3.8, 4) is 0 Å². The quantitative estimate of drug-likeness (QED) is 0.702. The third kappa shape index (κ3) is 3.74. The molecule has 0 aromatic rings. The number of nitrogens with zero attached hydrogens (tertiary/aromatic N) is 1. The first kappa shape index (κ1) is 14.4. The molecule has 3 heteroatoms. The van der Waals surface area contributed by atoms with Crippen LogP contribution in [0.5, 0.6) is 0 Å². The van der Waals surface area contributed by atoms with E-state index in [0.29, 0.717) is 6.04 Å². The molecule has 2 fully saturated rings. The van der Waals surface area contributed by atoms with Gasteiger partial charge < -0.3 is 4.74 Å². The predicted octanol–water partition coefficient (Wildman–Crippen LogP) is 4.13. The van der Waals surface area contributed by atoms with Crippen molar-refractivity contribution in [2.75, 3.05) is 7.11 Å². The number of methoxy groups -OCH3 is 1. The zero-order valence-electron chi connectivity index (χ0n) is 12.3. The van der Waals surface area contributed by atoms with Crippen LogP contribution in [-0.4, -0.2) is 30.2 Å². The van der Waals surface area contributed by atoms with Crippen LogP contribution in [0.4, 0.5) is 4.79 Å². The molecule has 2 aliphatic rings. The van der Waals surface area contributed by atoms with Gasteiger partial charge in [0.1, 0.15) is 0 Å². The van der Waals surface area contributed by atoms with Crippen molar-refractivity contribution in [1.29, 1.82) is 0 Å². The lowest BCUT2D eigenvalue weighted by molar-refractivity contribution is 0.0768. The molecule has 3 nitrogen and oxygen atoms in total. The van der Waals surface area contributed by atoms with Crippen molar-refractivity contribution >= 4 is 6.09 Å². The average molecular weight is 265 g/mol. The van der Waals surface area contributed by atoms with Crippen molar-refractivity contribution < 1.29 is 9.53 Å². The molecule has 0 bridgehead atoms. The molecule has 2 atom stereocenters. The van der Waals surface area contributed by atoms with E-state index in [1.54, 1.807) is 0 Å². The Morgan fingerprint density at radius 2 is 1.79 bits per heavy atom. The highest BCUT2D eigenvalue weighted by Crippen LogP contribution is 2.28. The highest BCUT2D eigenvalue weighted by molar-refractivity contribution is 5.68. The molecule has 1 amide bonds. The molecule has 0 radical (unpaired) electrons. The minimum absolute atomic E-state index is 0.175. The lowest BCUT2D eigenvalue weighted by Crippen LogP contribution is -2.48. The van der Waals surface area contributed by atoms with Crippen LogP contribution in [0, 0.1) is 5.92 Å². The second-order valence-corrected chi connectivity index (χ2v) is 6.01. The van der Waals surface area contributed by atoms with Crippen LogP contribution in [-0.2, 0) is 4.74 Å². The Morgan fingerprint density at radius 1 is 1.05 bits per heavy atom. The van der Waals surface area contributed by atoms with Crippen molar-refractivity contribution in [1.82, 2.24) is 4.90 Å². The first-order valence-corrected chi connectivity index (χ1v) is 7.77. The zero-order valence-corrected chi connectivity index (χ0v) is 12.3. The number of hydrogen-bond donors (Lipinski definition) is 0. The number of piperidine rings is 1. The summed E-state index contributed by atoms with van der Waals surface area (Å²) in [7, 11) is 1.48. The molecule has 0 spiro atoms. The number of rotatable bonds is 2. The summed E-state index contributed by atoms with van der Waals surface area (Å²) in [6.45, 7) is 2.12. The molecule has 1 aliphatic carbocycles. The van der Waals surface area contributed by atoms with E-state index in [9.17, 15) is 4.79 Å². The maximum atomic E-state index is 11.9. The summed E-state index contributed by atoms with van der Waals surface area (Å²) in [5.74, 6) is 0.727. The first-order valence-electron chi connectivity index (χ1n) is 7.77. The van der Waals surface area contributed by atoms with Crippen molar-refractivity contribution in [3.63, 3.8) is 0 Å². The van der Waals surface area contributed by atoms with E-state index in [1.807, 2.05) is 4.90 Å². The Bertz CT molecular complexity index is 321. The van der Waals surface area contributed by atoms with Gasteiger partial charge in [0.2, 0.25) is 0 Å². The van der Waals surface area contributed by atoms with Gasteiger partial charge in [0, 0.05) is 6.04 Å². The van der Waals surface area contributed by atoms with E-state index in [-0.39, 0.29) is 12.1 Å². The number of amides is 1. The van der Waals surface area contributed by atoms with E-state index in [1.165, 1.54) is 45.6 Å². The minimum Gasteiger partial charge on any atom is -0.453 e. The second-order valence-electron chi connectivity index (χ2n) is 6.01. The maximum Gasteiger partial charge on any atom is 0.410 e. The van der Waals surface area contributed by atoms with Crippen molar-refractivity contribution in [2.24, 2.45) is 5.92 Å². The Balaban J connectivity index is 1.98. The fourth-order valence-corrected chi connectivity index (χ4v) is 3.45. The Hall–Kier alpha value is -0.990. The molecule has 0 aromatic carbocycles. The van der Waals surface area contributed by atoms with E-state index < -0.39 is 0 Å². The number of ether oxygens (including phenoxy) is 1. The number of allylic oxidation sites excluding steroid dienone is 1. The van der Waals surface area contributed by atoms with Gasteiger partial charge in [-0.05, 0) is 44.9 Å². The van der Waals surface area contributed by atoms with E-state index >= 15 is 0 Å². The van der Waals surface area contributed by atoms with Crippen LogP contribution in [0.15, 0.2) is 12.2 Å². The van der Waals surface area contributed by atoms with Crippen LogP contribution in [0.1, 0.15) is 58.3 Å². The van der Waals surface area contributed by atoms with Crippen LogP contribution in [0.25, 0.3) is 0 Å². The summed E-state index contributed by atoms with van der Waals surface area (Å²) in [4.78, 5) is 13.8. The summed E-state index contributed by atoms with van der Waals surface area (Å²) < 4.78 is 4.94. The summed E-state index contributed by atoms with van der Waals surface area (Å²) in [6, 6.07) is 0.528. The lowest BCUT2D eigenvalue weighted by Gasteiger charge is -2.38. The van der Waals surface area contributed by atoms with Gasteiger partial charge in [-0.15, -0.1) is 0 Å². The Kier molecular flexibility index (Phi) is 5.29. The molecule has 0 N–H and O–H groups in total. The minimum atomic E-state index is -0.175. The number of likely N-dealkylation sites (tertiary alicyclic amines) is 1. The fraction of sp³-hybridized carbons (Fsp3) is 0.812. The van der Waals surface area contributed by atoms with Gasteiger partial charge in [0.05, 0.1) is 13.2 Å². The molecule has 2 rings (SSSR count). The molecule has 0 unspecified atom stereocenters. The molecule has 0 aromatic heterocycles. The zero-order chi connectivity index (χ0) is 13.7. The normalized spacial score (nSPS) is 29.7. The highest BCUT2D eigenvalue weighted by atomic mass is 16.5. The van der Waals surface area contributed by atoms with Crippen LogP contribution >= 0.6 is 0 Å². The second kappa shape index (κ2) is 6.97. The fourth-order valence-electron chi connectivity index (χ4n) is 3.45. The smallest absolute Gasteiger partial charge is 0.410 e. The van der Waals surface area contributed by atoms with E-state index in [2.05, 4.69) is 19.1 Å². The standard InChI is InChI=1S/C16H27NO2/c1-13-7-6-10-15(17(13)16(18)19-2)12-11-14-8-4-3-5-9-14/h11-15H,3-10H2,1-2H3/b12-11+/t13-,15-/m1/s1. The first-order chi connectivity index (χ1) is 9.22. The summed E-state index contributed by atoms with van der Waals surface area (Å²) in [5.41, 5.74) is 0. The van der Waals surface area contributed by atoms with Gasteiger partial charge in [-0.25, -0.2) is 4.79 Å². The van der Waals surface area contributed by atoms with Crippen molar-refractivity contribution in [2.45, 2.75) is 70.4 Å². The summed E-state index contributed by atoms with van der Waals surface area (Å²) >= 11 is 0. The van der Waals surface area contributed by atoms with Crippen LogP contribution in [0.2, 0.25) is 0 Å². The maximum absolute atomic E-state index is 11.9. The molecule has 1 aliphatic heterocycles. The van der Waals surface area contributed by atoms with Gasteiger partial charge in [0.15, 0.2) is 0 Å². The molecular formula is C16H27NO2. The predicted molar refractivity (Wildman–Crippen MR) is 77.1 cm³/mol. The molecule has 1 saturated carbocycles. The molecule has 1 heterocycles. The van der Waals surface area contributed by atoms with Gasteiger partial charge in [-0.2, -0.15) is 0 Å². The molecular weight excluding hydrogens is 238 g/mol. The monoisotopic (exact) mass is 265 g/mol. The highest BCUT2D eigenvalue weighted by Gasteiger charge is 2.31. The number of hydrogen-bond acceptors (Lipinski definition) is 2. The van der Waals surface area contributed by atoms with Crippen LogP contribution < -0.4 is 0 Å².